The molecular weight excluding hydrogens is 609 g/mol. The van der Waals surface area contributed by atoms with Crippen LogP contribution in [0, 0.1) is 0 Å². The molecule has 1 unspecified atom stereocenters. The number of amides is 6. The molecule has 220 valence electrons. The van der Waals surface area contributed by atoms with Crippen LogP contribution in [0.25, 0.3) is 0 Å². The molecule has 3 atom stereocenters. The van der Waals surface area contributed by atoms with E-state index in [2.05, 4.69) is 26.2 Å². The first-order valence-corrected chi connectivity index (χ1v) is 15.2. The first-order chi connectivity index (χ1) is 20.2. The predicted octanol–water partition coefficient (Wildman–Crippen LogP) is -3.94. The standard InChI is InChI=1S/C25H27N9O6S2.Na/c1-31-24(28-29-30-31)42-12-14-11-41-21-17(20(36)34(21)18(14)22(37)38)26-19(35)16(13-5-3-2-4-6-13)27-23(39)33-10-9-32(25(33)40)15-7-8-15;/h2-6,15-17,21H,7-12H2,1H3,(H,26,35)(H,27,39)(H,37,38);/q;+1/p-1/t16-,17?,21-;/m1./s1. The second kappa shape index (κ2) is 12.9. The van der Waals surface area contributed by atoms with E-state index in [9.17, 15) is 29.1 Å². The number of urea groups is 2. The minimum Gasteiger partial charge on any atom is -0.543 e. The van der Waals surface area contributed by atoms with Crippen LogP contribution in [0.1, 0.15) is 24.4 Å². The van der Waals surface area contributed by atoms with E-state index in [-0.39, 0.29) is 59.3 Å². The first kappa shape index (κ1) is 31.3. The molecule has 6 amide bonds. The van der Waals surface area contributed by atoms with Gasteiger partial charge in [-0.3, -0.25) is 14.5 Å². The molecule has 4 heterocycles. The molecule has 1 aliphatic carbocycles. The topological polar surface area (TPSA) is 186 Å². The van der Waals surface area contributed by atoms with Crippen molar-refractivity contribution in [1.29, 1.82) is 0 Å². The number of fused-ring (bicyclic) bond motifs is 1. The van der Waals surface area contributed by atoms with Crippen molar-refractivity contribution in [3.63, 3.8) is 0 Å². The van der Waals surface area contributed by atoms with Crippen molar-refractivity contribution in [3.05, 3.63) is 47.2 Å². The molecule has 0 radical (unpaired) electrons. The van der Waals surface area contributed by atoms with Gasteiger partial charge in [-0.25, -0.2) is 19.2 Å². The Morgan fingerprint density at radius 3 is 2.56 bits per heavy atom. The summed E-state index contributed by atoms with van der Waals surface area (Å²) in [5.41, 5.74) is 0.715. The average molecular weight is 636 g/mol. The quantitative estimate of drug-likeness (QED) is 0.156. The van der Waals surface area contributed by atoms with Gasteiger partial charge in [-0.05, 0) is 34.4 Å². The number of carbonyl (C=O) groups is 5. The van der Waals surface area contributed by atoms with Crippen molar-refractivity contribution in [3.8, 4) is 0 Å². The third-order valence-electron chi connectivity index (χ3n) is 7.43. The molecule has 18 heteroatoms. The molecule has 1 aromatic heterocycles. The maximum Gasteiger partial charge on any atom is 1.00 e. The summed E-state index contributed by atoms with van der Waals surface area (Å²) in [6.45, 7) is 0.653. The first-order valence-electron chi connectivity index (χ1n) is 13.2. The monoisotopic (exact) mass is 635 g/mol. The Labute approximate surface area is 276 Å². The van der Waals surface area contributed by atoms with Gasteiger partial charge < -0.3 is 25.4 Å². The minimum atomic E-state index is -1.49. The number of tetrazole rings is 1. The van der Waals surface area contributed by atoms with Crippen LogP contribution >= 0.6 is 23.5 Å². The van der Waals surface area contributed by atoms with Gasteiger partial charge in [0.25, 0.3) is 5.91 Å². The number of aryl methyl sites for hydroxylation is 1. The molecule has 2 aromatic rings. The number of rotatable bonds is 9. The van der Waals surface area contributed by atoms with Crippen LogP contribution in [-0.4, -0.2) is 107 Å². The molecule has 1 saturated carbocycles. The zero-order valence-corrected chi connectivity index (χ0v) is 27.0. The molecular formula is C25H26N9NaO6S2. The number of thioether (sulfide) groups is 2. The summed E-state index contributed by atoms with van der Waals surface area (Å²) in [5, 5.41) is 28.4. The van der Waals surface area contributed by atoms with Gasteiger partial charge in [0.05, 0.1) is 11.7 Å². The summed E-state index contributed by atoms with van der Waals surface area (Å²) in [4.78, 5) is 68.6. The summed E-state index contributed by atoms with van der Waals surface area (Å²) in [6, 6.07) is 5.34. The van der Waals surface area contributed by atoms with Gasteiger partial charge in [0, 0.05) is 37.7 Å². The van der Waals surface area contributed by atoms with Crippen LogP contribution < -0.4 is 45.3 Å². The minimum absolute atomic E-state index is 0. The fraction of sp³-hybridized carbons (Fsp3) is 0.440. The third-order valence-corrected chi connectivity index (χ3v) is 9.87. The number of hydrogen-bond acceptors (Lipinski definition) is 11. The van der Waals surface area contributed by atoms with Gasteiger partial charge in [-0.2, -0.15) is 0 Å². The van der Waals surface area contributed by atoms with E-state index >= 15 is 0 Å². The number of β-lactam (4-membered cyclic amide) rings is 1. The van der Waals surface area contributed by atoms with Crippen molar-refractivity contribution in [2.75, 3.05) is 24.6 Å². The fourth-order valence-electron chi connectivity index (χ4n) is 5.13. The third kappa shape index (κ3) is 6.13. The number of benzene rings is 1. The molecule has 1 aromatic carbocycles. The summed E-state index contributed by atoms with van der Waals surface area (Å²) in [7, 11) is 1.66. The zero-order chi connectivity index (χ0) is 29.5. The second-order valence-corrected chi connectivity index (χ2v) is 12.2. The Morgan fingerprint density at radius 1 is 1.16 bits per heavy atom. The number of carbonyl (C=O) groups excluding carboxylic acids is 5. The largest absolute Gasteiger partial charge is 1.00 e. The number of nitrogens with zero attached hydrogens (tertiary/aromatic N) is 7. The number of hydrogen-bond donors (Lipinski definition) is 2. The summed E-state index contributed by atoms with van der Waals surface area (Å²) in [6.07, 6.45) is 1.83. The molecule has 0 bridgehead atoms. The average Bonchev–Trinajstić information content (AvgIpc) is 3.63. The van der Waals surface area contributed by atoms with Crippen LogP contribution in [0.15, 0.2) is 46.8 Å². The van der Waals surface area contributed by atoms with Crippen molar-refractivity contribution < 1.29 is 58.6 Å². The molecule has 3 aliphatic heterocycles. The Morgan fingerprint density at radius 2 is 1.91 bits per heavy atom. The van der Waals surface area contributed by atoms with E-state index in [0.29, 0.717) is 22.8 Å². The Hall–Kier alpha value is -3.12. The second-order valence-electron chi connectivity index (χ2n) is 10.2. The summed E-state index contributed by atoms with van der Waals surface area (Å²) in [5.74, 6) is -2.23. The zero-order valence-electron chi connectivity index (χ0n) is 23.3. The van der Waals surface area contributed by atoms with Crippen molar-refractivity contribution >= 4 is 53.4 Å². The number of carboxylic acid groups (broad SMARTS) is 1. The molecule has 4 aliphatic rings. The molecule has 2 N–H and O–H groups in total. The summed E-state index contributed by atoms with van der Waals surface area (Å²) >= 11 is 2.54. The molecule has 6 rings (SSSR count). The maximum absolute atomic E-state index is 13.5. The smallest absolute Gasteiger partial charge is 0.543 e. The van der Waals surface area contributed by atoms with Crippen molar-refractivity contribution in [2.45, 2.75) is 41.5 Å². The van der Waals surface area contributed by atoms with E-state index in [1.54, 1.807) is 42.3 Å². The van der Waals surface area contributed by atoms with Gasteiger partial charge in [-0.1, -0.05) is 42.1 Å². The van der Waals surface area contributed by atoms with Crippen LogP contribution in [0.2, 0.25) is 0 Å². The van der Waals surface area contributed by atoms with Crippen molar-refractivity contribution in [2.24, 2.45) is 7.05 Å². The van der Waals surface area contributed by atoms with Gasteiger partial charge in [-0.15, -0.1) is 16.9 Å². The molecule has 43 heavy (non-hydrogen) atoms. The Bertz CT molecular complexity index is 1490. The number of carboxylic acids is 1. The van der Waals surface area contributed by atoms with E-state index < -0.39 is 47.3 Å². The normalized spacial score (nSPS) is 22.0. The Kier molecular flexibility index (Phi) is 9.36. The van der Waals surface area contributed by atoms with E-state index in [0.717, 1.165) is 22.6 Å². The van der Waals surface area contributed by atoms with Crippen LogP contribution in [0.5, 0.6) is 0 Å². The number of nitrogens with one attached hydrogen (secondary N) is 2. The van der Waals surface area contributed by atoms with Gasteiger partial charge in [0.2, 0.25) is 11.1 Å². The molecule has 2 saturated heterocycles. The number of imide groups is 1. The molecule has 15 nitrogen and oxygen atoms in total. The van der Waals surface area contributed by atoms with Crippen LogP contribution in [0.3, 0.4) is 0 Å². The van der Waals surface area contributed by atoms with Crippen LogP contribution in [-0.2, 0) is 21.4 Å². The van der Waals surface area contributed by atoms with E-state index in [1.165, 1.54) is 28.2 Å². The van der Waals surface area contributed by atoms with E-state index in [4.69, 9.17) is 0 Å². The fourth-order valence-corrected chi connectivity index (χ4v) is 7.46. The van der Waals surface area contributed by atoms with E-state index in [1.807, 2.05) is 0 Å². The molecule has 0 spiro atoms. The van der Waals surface area contributed by atoms with Gasteiger partial charge >= 0.3 is 41.6 Å². The maximum atomic E-state index is 13.5. The predicted molar refractivity (Wildman–Crippen MR) is 146 cm³/mol. The van der Waals surface area contributed by atoms with Gasteiger partial charge in [0.1, 0.15) is 17.5 Å². The van der Waals surface area contributed by atoms with Crippen LogP contribution in [0.4, 0.5) is 9.59 Å². The van der Waals surface area contributed by atoms with Gasteiger partial charge in [0.15, 0.2) is 0 Å². The summed E-state index contributed by atoms with van der Waals surface area (Å²) < 4.78 is 1.45. The number of aliphatic carboxylic acids is 1. The SMILES string of the molecule is Cn1nnnc1SCC1=C(C(=O)[O-])N2C(=O)C(NC(=O)[C@H](NC(=O)N3CCN(C4CC4)C3=O)c3ccccc3)[C@H]2SC1.[Na+]. The number of aromatic nitrogens is 4. The van der Waals surface area contributed by atoms with Crippen molar-refractivity contribution in [1.82, 2.24) is 45.5 Å². The molecule has 3 fully saturated rings. The Balaban J connectivity index is 0.00000368.